The van der Waals surface area contributed by atoms with Gasteiger partial charge in [0.25, 0.3) is 0 Å². The Balaban J connectivity index is 2.74. The van der Waals surface area contributed by atoms with Crippen LogP contribution < -0.4 is 0 Å². The third kappa shape index (κ3) is 5.39. The predicted octanol–water partition coefficient (Wildman–Crippen LogP) is 4.24. The standard InChI is InChI=1S/C21H28NO7P/c1-14(2)28-30(25,29-15(3)4)20-17-10-8-7-9-16(17)11-12-22(20)18(21(24)27-6)13-19(23)26-5/h7-15,20H,1-6H3/b18-13+. The molecule has 0 radical (unpaired) electrons. The van der Waals surface area contributed by atoms with Crippen LogP contribution in [0.1, 0.15) is 44.6 Å². The predicted molar refractivity (Wildman–Crippen MR) is 112 cm³/mol. The van der Waals surface area contributed by atoms with Crippen molar-refractivity contribution in [3.8, 4) is 0 Å². The third-order valence-corrected chi connectivity index (χ3v) is 6.65. The molecule has 0 aliphatic carbocycles. The first-order chi connectivity index (χ1) is 14.1. The van der Waals surface area contributed by atoms with Crippen molar-refractivity contribution in [3.05, 3.63) is 53.4 Å². The number of hydrogen-bond donors (Lipinski definition) is 0. The summed E-state index contributed by atoms with van der Waals surface area (Å²) in [5, 5.41) is 0. The van der Waals surface area contributed by atoms with Gasteiger partial charge in [0, 0.05) is 6.20 Å². The normalized spacial score (nSPS) is 16.6. The molecule has 1 atom stereocenters. The Hall–Kier alpha value is -2.41. The van der Waals surface area contributed by atoms with E-state index in [1.54, 1.807) is 52.1 Å². The highest BCUT2D eigenvalue weighted by Crippen LogP contribution is 2.65. The van der Waals surface area contributed by atoms with E-state index in [-0.39, 0.29) is 5.70 Å². The zero-order valence-electron chi connectivity index (χ0n) is 18.0. The van der Waals surface area contributed by atoms with E-state index in [1.165, 1.54) is 19.1 Å². The summed E-state index contributed by atoms with van der Waals surface area (Å²) in [5.74, 6) is -2.57. The summed E-state index contributed by atoms with van der Waals surface area (Å²) in [6, 6.07) is 7.27. The molecule has 1 aliphatic heterocycles. The number of benzene rings is 1. The van der Waals surface area contributed by atoms with E-state index in [4.69, 9.17) is 13.8 Å². The largest absolute Gasteiger partial charge is 0.466 e. The molecular weight excluding hydrogens is 409 g/mol. The highest BCUT2D eigenvalue weighted by Gasteiger charge is 2.46. The van der Waals surface area contributed by atoms with Gasteiger partial charge >= 0.3 is 19.5 Å². The second-order valence-electron chi connectivity index (χ2n) is 7.12. The Morgan fingerprint density at radius 1 is 1.03 bits per heavy atom. The Bertz CT molecular complexity index is 877. The second-order valence-corrected chi connectivity index (χ2v) is 9.11. The van der Waals surface area contributed by atoms with Gasteiger partial charge in [0.1, 0.15) is 5.70 Å². The number of nitrogens with zero attached hydrogens (tertiary/aromatic N) is 1. The first-order valence-corrected chi connectivity index (χ1v) is 11.1. The maximum atomic E-state index is 14.1. The van der Waals surface area contributed by atoms with E-state index in [0.717, 1.165) is 11.6 Å². The molecule has 1 aliphatic rings. The van der Waals surface area contributed by atoms with Crippen LogP contribution >= 0.6 is 7.60 Å². The molecule has 0 saturated heterocycles. The molecule has 30 heavy (non-hydrogen) atoms. The highest BCUT2D eigenvalue weighted by molar-refractivity contribution is 7.54. The number of methoxy groups -OCH3 is 2. The molecule has 1 aromatic rings. The summed E-state index contributed by atoms with van der Waals surface area (Å²) in [6.07, 6.45) is 3.46. The number of rotatable bonds is 8. The molecule has 0 saturated carbocycles. The average molecular weight is 437 g/mol. The number of fused-ring (bicyclic) bond motifs is 1. The lowest BCUT2D eigenvalue weighted by Crippen LogP contribution is -2.33. The van der Waals surface area contributed by atoms with Crippen molar-refractivity contribution in [1.82, 2.24) is 4.90 Å². The van der Waals surface area contributed by atoms with Crippen LogP contribution in [0.25, 0.3) is 6.08 Å². The molecule has 1 unspecified atom stereocenters. The minimum atomic E-state index is -3.88. The lowest BCUT2D eigenvalue weighted by Gasteiger charge is -2.39. The molecule has 0 fully saturated rings. The van der Waals surface area contributed by atoms with Gasteiger partial charge < -0.3 is 23.4 Å². The van der Waals surface area contributed by atoms with Gasteiger partial charge in [-0.1, -0.05) is 24.3 Å². The number of carbonyl (C=O) groups is 2. The summed E-state index contributed by atoms with van der Waals surface area (Å²) >= 11 is 0. The van der Waals surface area contributed by atoms with Gasteiger partial charge in [0.15, 0.2) is 5.78 Å². The lowest BCUT2D eigenvalue weighted by atomic mass is 10.0. The number of ether oxygens (including phenoxy) is 2. The molecule has 0 N–H and O–H groups in total. The first-order valence-electron chi connectivity index (χ1n) is 9.53. The van der Waals surface area contributed by atoms with Crippen LogP contribution in [-0.4, -0.2) is 43.3 Å². The summed E-state index contributed by atoms with van der Waals surface area (Å²) in [4.78, 5) is 25.9. The van der Waals surface area contributed by atoms with Crippen molar-refractivity contribution >= 4 is 25.6 Å². The van der Waals surface area contributed by atoms with Crippen LogP contribution in [0.15, 0.2) is 42.2 Å². The van der Waals surface area contributed by atoms with Crippen molar-refractivity contribution < 1.29 is 32.7 Å². The second kappa shape index (κ2) is 10.1. The zero-order valence-corrected chi connectivity index (χ0v) is 18.9. The van der Waals surface area contributed by atoms with Gasteiger partial charge in [0.05, 0.1) is 32.5 Å². The summed E-state index contributed by atoms with van der Waals surface area (Å²) in [7, 11) is -1.49. The molecule has 0 amide bonds. The van der Waals surface area contributed by atoms with Gasteiger partial charge in [-0.25, -0.2) is 9.59 Å². The van der Waals surface area contributed by atoms with E-state index in [2.05, 4.69) is 4.74 Å². The molecule has 0 bridgehead atoms. The Kier molecular flexibility index (Phi) is 8.01. The number of esters is 2. The van der Waals surface area contributed by atoms with E-state index in [9.17, 15) is 14.2 Å². The van der Waals surface area contributed by atoms with Crippen LogP contribution in [0, 0.1) is 0 Å². The van der Waals surface area contributed by atoms with Crippen LogP contribution in [0.2, 0.25) is 0 Å². The minimum Gasteiger partial charge on any atom is -0.466 e. The van der Waals surface area contributed by atoms with Gasteiger partial charge in [-0.05, 0) is 44.9 Å². The van der Waals surface area contributed by atoms with Crippen molar-refractivity contribution in [3.63, 3.8) is 0 Å². The third-order valence-electron chi connectivity index (χ3n) is 4.10. The molecule has 0 aromatic heterocycles. The molecule has 2 rings (SSSR count). The van der Waals surface area contributed by atoms with Crippen molar-refractivity contribution in [2.45, 2.75) is 45.7 Å². The zero-order chi connectivity index (χ0) is 22.5. The van der Waals surface area contributed by atoms with E-state index in [1.807, 2.05) is 12.1 Å². The van der Waals surface area contributed by atoms with Gasteiger partial charge in [-0.2, -0.15) is 0 Å². The van der Waals surface area contributed by atoms with Gasteiger partial charge in [0.2, 0.25) is 0 Å². The van der Waals surface area contributed by atoms with Crippen molar-refractivity contribution in [1.29, 1.82) is 0 Å². The molecule has 164 valence electrons. The smallest absolute Gasteiger partial charge is 0.358 e. The van der Waals surface area contributed by atoms with Crippen LogP contribution in [0.4, 0.5) is 0 Å². The summed E-state index contributed by atoms with van der Waals surface area (Å²) in [5.41, 5.74) is 1.27. The summed E-state index contributed by atoms with van der Waals surface area (Å²) in [6.45, 7) is 6.99. The number of hydrogen-bond acceptors (Lipinski definition) is 8. The monoisotopic (exact) mass is 437 g/mol. The topological polar surface area (TPSA) is 91.4 Å². The molecule has 0 spiro atoms. The SMILES string of the molecule is COC(=O)/C=C(\C(=O)OC)N1C=Cc2ccccc2C1P(=O)(OC(C)C)OC(C)C. The minimum absolute atomic E-state index is 0.153. The van der Waals surface area contributed by atoms with Gasteiger partial charge in [-0.3, -0.25) is 4.57 Å². The van der Waals surface area contributed by atoms with Crippen LogP contribution in [0.5, 0.6) is 0 Å². The Morgan fingerprint density at radius 3 is 2.17 bits per heavy atom. The lowest BCUT2D eigenvalue weighted by molar-refractivity contribution is -0.139. The summed E-state index contributed by atoms with van der Waals surface area (Å²) < 4.78 is 35.3. The molecule has 1 aromatic carbocycles. The van der Waals surface area contributed by atoms with E-state index in [0.29, 0.717) is 5.56 Å². The van der Waals surface area contributed by atoms with Crippen molar-refractivity contribution in [2.75, 3.05) is 14.2 Å². The Morgan fingerprint density at radius 2 is 1.63 bits per heavy atom. The molecule has 8 nitrogen and oxygen atoms in total. The fourth-order valence-corrected chi connectivity index (χ4v) is 5.60. The average Bonchev–Trinajstić information content (AvgIpc) is 2.69. The van der Waals surface area contributed by atoms with Crippen LogP contribution in [0.3, 0.4) is 0 Å². The van der Waals surface area contributed by atoms with E-state index < -0.39 is 37.5 Å². The fourth-order valence-electron chi connectivity index (χ4n) is 3.07. The molecular formula is C21H28NO7P. The Labute approximate surface area is 177 Å². The fraction of sp³-hybridized carbons (Fsp3) is 0.429. The quantitative estimate of drug-likeness (QED) is 0.339. The van der Waals surface area contributed by atoms with E-state index >= 15 is 0 Å². The maximum absolute atomic E-state index is 14.1. The molecule has 1 heterocycles. The first kappa shape index (κ1) is 23.9. The maximum Gasteiger partial charge on any atom is 0.358 e. The van der Waals surface area contributed by atoms with Crippen molar-refractivity contribution in [2.24, 2.45) is 0 Å². The van der Waals surface area contributed by atoms with Crippen LogP contribution in [-0.2, 0) is 32.7 Å². The highest BCUT2D eigenvalue weighted by atomic mass is 31.2. The number of carbonyl (C=O) groups excluding carboxylic acids is 2. The van der Waals surface area contributed by atoms with Gasteiger partial charge in [-0.15, -0.1) is 0 Å². The molecule has 9 heteroatoms.